The number of halogens is 1. The molecule has 6 nitrogen and oxygen atoms in total. The molecule has 0 aliphatic carbocycles. The fraction of sp³-hybridized carbons (Fsp3) is 0.357. The zero-order valence-corrected chi connectivity index (χ0v) is 11.4. The standard InChI is InChI=1S/C14H16FN5O/c15-9-3-4-20(8-9)13-2-1-10(5-18-13)17-6-11-12(16)7-19-14(11)21/h1-2,5-6,9,16-17H,3-4,7-8H2,(H,19,21)/b11-6+,16-12?. The van der Waals surface area contributed by atoms with Gasteiger partial charge in [0.25, 0.3) is 5.91 Å². The second kappa shape index (κ2) is 5.51. The van der Waals surface area contributed by atoms with E-state index in [0.29, 0.717) is 25.1 Å². The summed E-state index contributed by atoms with van der Waals surface area (Å²) in [6.07, 6.45) is 2.91. The molecule has 0 radical (unpaired) electrons. The molecular weight excluding hydrogens is 273 g/mol. The lowest BCUT2D eigenvalue weighted by Crippen LogP contribution is -2.20. The number of amides is 1. The Morgan fingerprint density at radius 2 is 2.38 bits per heavy atom. The molecule has 1 unspecified atom stereocenters. The minimum atomic E-state index is -0.777. The molecule has 1 aromatic rings. The molecule has 2 aliphatic heterocycles. The predicted molar refractivity (Wildman–Crippen MR) is 78.4 cm³/mol. The molecule has 0 aromatic carbocycles. The number of carbonyl (C=O) groups excluding carboxylic acids is 1. The topological polar surface area (TPSA) is 81.1 Å². The van der Waals surface area contributed by atoms with Crippen molar-refractivity contribution in [3.8, 4) is 0 Å². The van der Waals surface area contributed by atoms with Gasteiger partial charge >= 0.3 is 0 Å². The van der Waals surface area contributed by atoms with Crippen LogP contribution in [0.4, 0.5) is 15.9 Å². The van der Waals surface area contributed by atoms with Gasteiger partial charge in [0, 0.05) is 12.7 Å². The summed E-state index contributed by atoms with van der Waals surface area (Å²) in [5.74, 6) is 0.503. The molecule has 21 heavy (non-hydrogen) atoms. The maximum absolute atomic E-state index is 13.2. The van der Waals surface area contributed by atoms with Crippen LogP contribution in [0.2, 0.25) is 0 Å². The van der Waals surface area contributed by atoms with Crippen LogP contribution in [0.15, 0.2) is 30.1 Å². The molecule has 110 valence electrons. The maximum Gasteiger partial charge on any atom is 0.254 e. The van der Waals surface area contributed by atoms with E-state index in [4.69, 9.17) is 5.41 Å². The molecule has 3 rings (SSSR count). The van der Waals surface area contributed by atoms with Crippen molar-refractivity contribution in [2.45, 2.75) is 12.6 Å². The van der Waals surface area contributed by atoms with Crippen LogP contribution in [0.3, 0.4) is 0 Å². The monoisotopic (exact) mass is 289 g/mol. The molecule has 3 heterocycles. The second-order valence-electron chi connectivity index (χ2n) is 5.10. The van der Waals surface area contributed by atoms with E-state index in [9.17, 15) is 9.18 Å². The lowest BCUT2D eigenvalue weighted by molar-refractivity contribution is -0.116. The first kappa shape index (κ1) is 13.5. The fourth-order valence-corrected chi connectivity index (χ4v) is 2.39. The number of rotatable bonds is 3. The first-order valence-corrected chi connectivity index (χ1v) is 6.81. The molecule has 1 amide bonds. The van der Waals surface area contributed by atoms with Gasteiger partial charge in [0.1, 0.15) is 12.0 Å². The van der Waals surface area contributed by atoms with Crippen LogP contribution in [0.25, 0.3) is 0 Å². The molecule has 2 aliphatic rings. The van der Waals surface area contributed by atoms with Crippen molar-refractivity contribution in [2.24, 2.45) is 0 Å². The largest absolute Gasteiger partial charge is 0.360 e. The molecule has 1 aromatic heterocycles. The van der Waals surface area contributed by atoms with Gasteiger partial charge in [-0.15, -0.1) is 0 Å². The molecule has 2 saturated heterocycles. The summed E-state index contributed by atoms with van der Waals surface area (Å²) in [6, 6.07) is 3.64. The van der Waals surface area contributed by atoms with Gasteiger partial charge in [-0.3, -0.25) is 4.79 Å². The summed E-state index contributed by atoms with van der Waals surface area (Å²) in [4.78, 5) is 17.6. The molecule has 0 spiro atoms. The van der Waals surface area contributed by atoms with Gasteiger partial charge in [-0.05, 0) is 18.6 Å². The lowest BCUT2D eigenvalue weighted by Gasteiger charge is -2.16. The highest BCUT2D eigenvalue weighted by molar-refractivity contribution is 6.26. The third-order valence-electron chi connectivity index (χ3n) is 3.58. The van der Waals surface area contributed by atoms with Crippen LogP contribution in [0.1, 0.15) is 6.42 Å². The fourth-order valence-electron chi connectivity index (χ4n) is 2.39. The third-order valence-corrected chi connectivity index (χ3v) is 3.58. The summed E-state index contributed by atoms with van der Waals surface area (Å²) >= 11 is 0. The van der Waals surface area contributed by atoms with Crippen LogP contribution >= 0.6 is 0 Å². The Bertz CT molecular complexity index is 580. The Hall–Kier alpha value is -2.44. The van der Waals surface area contributed by atoms with Crippen molar-refractivity contribution in [3.63, 3.8) is 0 Å². The van der Waals surface area contributed by atoms with Gasteiger partial charge in [0.05, 0.1) is 36.3 Å². The number of carbonyl (C=O) groups is 1. The van der Waals surface area contributed by atoms with E-state index < -0.39 is 6.17 Å². The van der Waals surface area contributed by atoms with Gasteiger partial charge in [-0.2, -0.15) is 0 Å². The van der Waals surface area contributed by atoms with E-state index in [1.807, 2.05) is 17.0 Å². The molecule has 3 N–H and O–H groups in total. The van der Waals surface area contributed by atoms with E-state index in [2.05, 4.69) is 15.6 Å². The number of hydrogen-bond donors (Lipinski definition) is 3. The van der Waals surface area contributed by atoms with E-state index in [-0.39, 0.29) is 18.2 Å². The Balaban J connectivity index is 1.66. The molecule has 0 bridgehead atoms. The van der Waals surface area contributed by atoms with Crippen LogP contribution in [0.5, 0.6) is 0 Å². The molecule has 7 heteroatoms. The molecule has 0 saturated carbocycles. The zero-order chi connectivity index (χ0) is 14.8. The highest BCUT2D eigenvalue weighted by Gasteiger charge is 2.23. The van der Waals surface area contributed by atoms with Crippen LogP contribution in [-0.2, 0) is 4.79 Å². The van der Waals surface area contributed by atoms with Crippen LogP contribution in [-0.4, -0.2) is 42.4 Å². The van der Waals surface area contributed by atoms with Gasteiger partial charge in [-0.1, -0.05) is 0 Å². The minimum Gasteiger partial charge on any atom is -0.360 e. The summed E-state index contributed by atoms with van der Waals surface area (Å²) in [5, 5.41) is 13.2. The number of hydrogen-bond acceptors (Lipinski definition) is 5. The molecule has 2 fully saturated rings. The van der Waals surface area contributed by atoms with Gasteiger partial charge in [0.15, 0.2) is 0 Å². The summed E-state index contributed by atoms with van der Waals surface area (Å²) < 4.78 is 13.2. The van der Waals surface area contributed by atoms with Crippen molar-refractivity contribution < 1.29 is 9.18 Å². The van der Waals surface area contributed by atoms with Gasteiger partial charge in [-0.25, -0.2) is 9.37 Å². The van der Waals surface area contributed by atoms with E-state index in [1.165, 1.54) is 6.20 Å². The number of anilines is 2. The van der Waals surface area contributed by atoms with Crippen molar-refractivity contribution in [1.82, 2.24) is 10.3 Å². The highest BCUT2D eigenvalue weighted by Crippen LogP contribution is 2.21. The molecule has 1 atom stereocenters. The van der Waals surface area contributed by atoms with Gasteiger partial charge in [0.2, 0.25) is 0 Å². The SMILES string of the molecule is N=C1CNC(=O)/C1=C/Nc1ccc(N2CCC(F)C2)nc1. The number of nitrogens with zero attached hydrogens (tertiary/aromatic N) is 2. The van der Waals surface area contributed by atoms with Crippen LogP contribution < -0.4 is 15.5 Å². The Morgan fingerprint density at radius 1 is 1.52 bits per heavy atom. The number of aromatic nitrogens is 1. The average Bonchev–Trinajstić information content (AvgIpc) is 3.05. The minimum absolute atomic E-state index is 0.247. The lowest BCUT2D eigenvalue weighted by atomic mass is 10.2. The predicted octanol–water partition coefficient (Wildman–Crippen LogP) is 1.08. The number of pyridine rings is 1. The Kier molecular flexibility index (Phi) is 3.55. The number of alkyl halides is 1. The summed E-state index contributed by atoms with van der Waals surface area (Å²) in [6.45, 7) is 1.34. The first-order chi connectivity index (χ1) is 10.1. The van der Waals surface area contributed by atoms with Crippen molar-refractivity contribution in [2.75, 3.05) is 29.9 Å². The number of nitrogens with one attached hydrogen (secondary N) is 3. The summed E-state index contributed by atoms with van der Waals surface area (Å²) in [7, 11) is 0. The van der Waals surface area contributed by atoms with Crippen molar-refractivity contribution in [3.05, 3.63) is 30.1 Å². The van der Waals surface area contributed by atoms with E-state index in [0.717, 1.165) is 11.5 Å². The quantitative estimate of drug-likeness (QED) is 0.727. The average molecular weight is 289 g/mol. The van der Waals surface area contributed by atoms with Gasteiger partial charge < -0.3 is 20.9 Å². The van der Waals surface area contributed by atoms with E-state index in [1.54, 1.807) is 6.20 Å². The van der Waals surface area contributed by atoms with Crippen molar-refractivity contribution in [1.29, 1.82) is 5.41 Å². The van der Waals surface area contributed by atoms with Crippen molar-refractivity contribution >= 4 is 23.1 Å². The maximum atomic E-state index is 13.2. The third kappa shape index (κ3) is 2.86. The zero-order valence-electron chi connectivity index (χ0n) is 11.4. The second-order valence-corrected chi connectivity index (χ2v) is 5.10. The molecular formula is C14H16FN5O. The summed E-state index contributed by atoms with van der Waals surface area (Å²) in [5.41, 5.74) is 1.32. The Morgan fingerprint density at radius 3 is 2.95 bits per heavy atom. The smallest absolute Gasteiger partial charge is 0.254 e. The van der Waals surface area contributed by atoms with Crippen LogP contribution in [0, 0.1) is 5.41 Å². The Labute approximate surface area is 121 Å². The first-order valence-electron chi connectivity index (χ1n) is 6.81. The normalized spacial score (nSPS) is 23.8. The highest BCUT2D eigenvalue weighted by atomic mass is 19.1. The van der Waals surface area contributed by atoms with E-state index >= 15 is 0 Å².